The molecule has 0 unspecified atom stereocenters. The minimum absolute atomic E-state index is 0.145. The van der Waals surface area contributed by atoms with Gasteiger partial charge in [-0.1, -0.05) is 63.9 Å². The van der Waals surface area contributed by atoms with Crippen LogP contribution in [0.1, 0.15) is 33.9 Å². The maximum absolute atomic E-state index is 13.2. The highest BCUT2D eigenvalue weighted by atomic mass is 79.9. The highest BCUT2D eigenvalue weighted by molar-refractivity contribution is 9.10. The van der Waals surface area contributed by atoms with Crippen LogP contribution in [0.25, 0.3) is 0 Å². The molecule has 1 atom stereocenters. The molecule has 1 amide bonds. The van der Waals surface area contributed by atoms with Crippen LogP contribution in [0.4, 0.5) is 0 Å². The lowest BCUT2D eigenvalue weighted by Gasteiger charge is -2.22. The lowest BCUT2D eigenvalue weighted by atomic mass is 9.97. The van der Waals surface area contributed by atoms with E-state index in [2.05, 4.69) is 21.0 Å². The van der Waals surface area contributed by atoms with E-state index in [0.717, 1.165) is 15.7 Å². The van der Waals surface area contributed by atoms with Crippen molar-refractivity contribution in [2.24, 2.45) is 5.10 Å². The van der Waals surface area contributed by atoms with Crippen LogP contribution in [0.15, 0.2) is 82.4 Å². The molecule has 6 heteroatoms. The summed E-state index contributed by atoms with van der Waals surface area (Å²) >= 11 is 9.40. The van der Waals surface area contributed by atoms with Crippen molar-refractivity contribution < 1.29 is 9.90 Å². The standard InChI is InChI=1S/C22H16BrClN2O2/c23-16-5-3-4-15(12-16)22(28)26-20(18-6-1-2-7-21(18)27)13-19(25-26)14-8-10-17(24)11-9-14/h1-12,20,27H,13H2/t20-/m0/s1. The second-order valence-electron chi connectivity index (χ2n) is 6.49. The van der Waals surface area contributed by atoms with E-state index in [-0.39, 0.29) is 11.7 Å². The fourth-order valence-electron chi connectivity index (χ4n) is 3.28. The smallest absolute Gasteiger partial charge is 0.274 e. The molecule has 0 spiro atoms. The normalized spacial score (nSPS) is 16.1. The molecule has 0 fully saturated rings. The first-order chi connectivity index (χ1) is 13.5. The topological polar surface area (TPSA) is 52.9 Å². The largest absolute Gasteiger partial charge is 0.508 e. The predicted molar refractivity (Wildman–Crippen MR) is 114 cm³/mol. The summed E-state index contributed by atoms with van der Waals surface area (Å²) < 4.78 is 0.818. The third-order valence-electron chi connectivity index (χ3n) is 4.66. The molecule has 1 N–H and O–H groups in total. The van der Waals surface area contributed by atoms with Crippen molar-refractivity contribution in [3.8, 4) is 5.75 Å². The summed E-state index contributed by atoms with van der Waals surface area (Å²) in [7, 11) is 0. The number of phenolic OH excluding ortho intramolecular Hbond substituents is 1. The fourth-order valence-corrected chi connectivity index (χ4v) is 3.81. The van der Waals surface area contributed by atoms with Crippen LogP contribution in [0, 0.1) is 0 Å². The van der Waals surface area contributed by atoms with Crippen LogP contribution in [0.3, 0.4) is 0 Å². The monoisotopic (exact) mass is 454 g/mol. The molecule has 1 aliphatic heterocycles. The summed E-state index contributed by atoms with van der Waals surface area (Å²) in [5.74, 6) is -0.0781. The van der Waals surface area contributed by atoms with E-state index in [0.29, 0.717) is 22.6 Å². The number of amides is 1. The summed E-state index contributed by atoms with van der Waals surface area (Å²) in [5.41, 5.74) is 2.86. The van der Waals surface area contributed by atoms with E-state index in [1.165, 1.54) is 5.01 Å². The van der Waals surface area contributed by atoms with Gasteiger partial charge in [0.2, 0.25) is 0 Å². The molecule has 0 bridgehead atoms. The zero-order valence-electron chi connectivity index (χ0n) is 14.7. The Morgan fingerprint density at radius 1 is 1.07 bits per heavy atom. The van der Waals surface area contributed by atoms with Crippen molar-refractivity contribution in [1.29, 1.82) is 0 Å². The summed E-state index contributed by atoms with van der Waals surface area (Å²) in [6, 6.07) is 21.2. The lowest BCUT2D eigenvalue weighted by Crippen LogP contribution is -2.27. The molecule has 0 aromatic heterocycles. The Morgan fingerprint density at radius 2 is 1.82 bits per heavy atom. The molecule has 28 heavy (non-hydrogen) atoms. The third-order valence-corrected chi connectivity index (χ3v) is 5.41. The average molecular weight is 456 g/mol. The Morgan fingerprint density at radius 3 is 2.54 bits per heavy atom. The van der Waals surface area contributed by atoms with Crippen LogP contribution < -0.4 is 0 Å². The number of hydrazone groups is 1. The van der Waals surface area contributed by atoms with Gasteiger partial charge in [0.1, 0.15) is 5.75 Å². The number of carbonyl (C=O) groups is 1. The Hall–Kier alpha value is -2.63. The maximum atomic E-state index is 13.2. The summed E-state index contributed by atoms with van der Waals surface area (Å²) in [5, 5.41) is 17.1. The van der Waals surface area contributed by atoms with Crippen molar-refractivity contribution in [2.45, 2.75) is 12.5 Å². The van der Waals surface area contributed by atoms with Crippen LogP contribution in [-0.4, -0.2) is 21.7 Å². The molecule has 0 radical (unpaired) electrons. The quantitative estimate of drug-likeness (QED) is 0.543. The van der Waals surface area contributed by atoms with Crippen molar-refractivity contribution >= 4 is 39.1 Å². The van der Waals surface area contributed by atoms with Gasteiger partial charge in [-0.05, 0) is 42.0 Å². The van der Waals surface area contributed by atoms with Gasteiger partial charge in [-0.25, -0.2) is 5.01 Å². The molecule has 4 rings (SSSR count). The molecular weight excluding hydrogens is 440 g/mol. The summed E-state index contributed by atoms with van der Waals surface area (Å²) in [4.78, 5) is 13.2. The highest BCUT2D eigenvalue weighted by Gasteiger charge is 2.35. The zero-order valence-corrected chi connectivity index (χ0v) is 17.1. The molecular formula is C22H16BrClN2O2. The van der Waals surface area contributed by atoms with E-state index in [1.54, 1.807) is 36.4 Å². The number of nitrogens with zero attached hydrogens (tertiary/aromatic N) is 2. The Kier molecular flexibility index (Phi) is 5.20. The number of halogens is 2. The highest BCUT2D eigenvalue weighted by Crippen LogP contribution is 2.38. The van der Waals surface area contributed by atoms with Gasteiger partial charge in [-0.3, -0.25) is 4.79 Å². The second kappa shape index (κ2) is 7.78. The molecule has 0 saturated carbocycles. The Labute approximate surface area is 176 Å². The second-order valence-corrected chi connectivity index (χ2v) is 7.84. The number of hydrogen-bond donors (Lipinski definition) is 1. The lowest BCUT2D eigenvalue weighted by molar-refractivity contribution is 0.0709. The summed E-state index contributed by atoms with van der Waals surface area (Å²) in [6.07, 6.45) is 0.499. The van der Waals surface area contributed by atoms with Crippen molar-refractivity contribution in [1.82, 2.24) is 5.01 Å². The molecule has 3 aromatic rings. The zero-order chi connectivity index (χ0) is 19.7. The maximum Gasteiger partial charge on any atom is 0.274 e. The minimum atomic E-state index is -0.390. The minimum Gasteiger partial charge on any atom is -0.508 e. The molecule has 4 nitrogen and oxygen atoms in total. The van der Waals surface area contributed by atoms with E-state index < -0.39 is 6.04 Å². The van der Waals surface area contributed by atoms with Crippen LogP contribution in [0.5, 0.6) is 5.75 Å². The van der Waals surface area contributed by atoms with Crippen molar-refractivity contribution in [3.63, 3.8) is 0 Å². The first kappa shape index (κ1) is 18.7. The van der Waals surface area contributed by atoms with E-state index >= 15 is 0 Å². The number of benzene rings is 3. The van der Waals surface area contributed by atoms with Crippen LogP contribution in [-0.2, 0) is 0 Å². The molecule has 3 aromatic carbocycles. The van der Waals surface area contributed by atoms with Gasteiger partial charge in [0, 0.05) is 27.0 Å². The van der Waals surface area contributed by atoms with E-state index in [9.17, 15) is 9.90 Å². The predicted octanol–water partition coefficient (Wildman–Crippen LogP) is 5.80. The van der Waals surface area contributed by atoms with Crippen molar-refractivity contribution in [2.75, 3.05) is 0 Å². The number of hydrogen-bond acceptors (Lipinski definition) is 3. The SMILES string of the molecule is O=C(c1cccc(Br)c1)N1N=C(c2ccc(Cl)cc2)C[C@H]1c1ccccc1O. The van der Waals surface area contributed by atoms with E-state index in [1.807, 2.05) is 36.4 Å². The van der Waals surface area contributed by atoms with Crippen LogP contribution in [0.2, 0.25) is 5.02 Å². The summed E-state index contributed by atoms with van der Waals surface area (Å²) in [6.45, 7) is 0. The number of aromatic hydroxyl groups is 1. The molecule has 1 heterocycles. The molecule has 140 valence electrons. The third kappa shape index (κ3) is 3.68. The first-order valence-electron chi connectivity index (χ1n) is 8.73. The van der Waals surface area contributed by atoms with Gasteiger partial charge < -0.3 is 5.11 Å². The van der Waals surface area contributed by atoms with Gasteiger partial charge in [0.25, 0.3) is 5.91 Å². The fraction of sp³-hybridized carbons (Fsp3) is 0.0909. The number of carbonyl (C=O) groups excluding carboxylic acids is 1. The molecule has 0 saturated heterocycles. The van der Waals surface area contributed by atoms with Gasteiger partial charge in [-0.2, -0.15) is 5.10 Å². The van der Waals surface area contributed by atoms with Gasteiger partial charge in [0.15, 0.2) is 0 Å². The number of rotatable bonds is 3. The van der Waals surface area contributed by atoms with Gasteiger partial charge in [-0.15, -0.1) is 0 Å². The first-order valence-corrected chi connectivity index (χ1v) is 9.90. The van der Waals surface area contributed by atoms with Gasteiger partial charge >= 0.3 is 0 Å². The molecule has 1 aliphatic rings. The Bertz CT molecular complexity index is 1070. The van der Waals surface area contributed by atoms with Crippen LogP contribution >= 0.6 is 27.5 Å². The van der Waals surface area contributed by atoms with Crippen molar-refractivity contribution in [3.05, 3.63) is 99.0 Å². The van der Waals surface area contributed by atoms with E-state index in [4.69, 9.17) is 11.6 Å². The average Bonchev–Trinajstić information content (AvgIpc) is 3.13. The molecule has 0 aliphatic carbocycles. The Balaban J connectivity index is 1.76. The number of phenols is 1. The number of para-hydroxylation sites is 1. The van der Waals surface area contributed by atoms with Gasteiger partial charge in [0.05, 0.1) is 11.8 Å².